The summed E-state index contributed by atoms with van der Waals surface area (Å²) in [6.45, 7) is 5.75. The van der Waals surface area contributed by atoms with Crippen molar-refractivity contribution in [3.05, 3.63) is 69.2 Å². The number of quaternary nitrogens is 1. The summed E-state index contributed by atoms with van der Waals surface area (Å²) >= 11 is 16.0. The predicted octanol–water partition coefficient (Wildman–Crippen LogP) is 6.03. The molecule has 2 aliphatic heterocycles. The Morgan fingerprint density at radius 3 is 2.53 bits per heavy atom. The number of nitrogens with one attached hydrogen (secondary N) is 1. The van der Waals surface area contributed by atoms with E-state index in [9.17, 15) is 13.0 Å². The number of hydrogen-bond acceptors (Lipinski definition) is 5. The summed E-state index contributed by atoms with van der Waals surface area (Å²) in [6, 6.07) is 11.9. The Labute approximate surface area is 219 Å². The Morgan fingerprint density at radius 1 is 1.15 bits per heavy atom. The molecule has 0 aromatic heterocycles. The van der Waals surface area contributed by atoms with E-state index in [4.69, 9.17) is 23.2 Å². The number of anilines is 1. The number of nitrogens with zero attached hydrogens (tertiary/aromatic N) is 1. The summed E-state index contributed by atoms with van der Waals surface area (Å²) in [5.74, 6) is -0.276. The van der Waals surface area contributed by atoms with Crippen LogP contribution in [0.25, 0.3) is 0 Å². The van der Waals surface area contributed by atoms with Gasteiger partial charge in [0.15, 0.2) is 5.37 Å². The number of halogens is 2. The first-order valence-corrected chi connectivity index (χ1v) is 15.2. The van der Waals surface area contributed by atoms with Gasteiger partial charge in [-0.3, -0.25) is 9.45 Å². The van der Waals surface area contributed by atoms with E-state index in [0.29, 0.717) is 18.0 Å². The molecule has 0 amide bonds. The third-order valence-corrected chi connectivity index (χ3v) is 9.50. The Bertz CT molecular complexity index is 1250. The van der Waals surface area contributed by atoms with Crippen molar-refractivity contribution in [2.75, 3.05) is 23.7 Å². The van der Waals surface area contributed by atoms with E-state index in [1.807, 2.05) is 36.0 Å². The molecule has 0 bridgehead atoms. The van der Waals surface area contributed by atoms with Crippen LogP contribution in [-0.4, -0.2) is 37.2 Å². The maximum absolute atomic E-state index is 11.3. The number of rotatable bonds is 8. The molecule has 2 unspecified atom stereocenters. The van der Waals surface area contributed by atoms with Gasteiger partial charge in [-0.2, -0.15) is 8.42 Å². The first-order valence-electron chi connectivity index (χ1n) is 11.1. The molecule has 0 saturated heterocycles. The van der Waals surface area contributed by atoms with Crippen molar-refractivity contribution in [1.29, 1.82) is 0 Å². The average Bonchev–Trinajstić information content (AvgIpc) is 3.29. The summed E-state index contributed by atoms with van der Waals surface area (Å²) in [6.07, 6.45) is 5.70. The van der Waals surface area contributed by atoms with Crippen molar-refractivity contribution < 1.29 is 17.9 Å². The standard InChI is InChI=1S/C24H26Cl2N2O3S3/c1-3-16(12-23-27(4-2)19-14-17(25)6-8-21(19)32-23)13-24-28(10-5-11-34(29,30)31)20-15-18(26)7-9-22(20)33-24/h6-9,12-15,23H,3-5,10-11H2,1-2H3,(H,29,30,31)/p+1/b16-12+,24-13-. The van der Waals surface area contributed by atoms with Crippen LogP contribution in [0.1, 0.15) is 26.7 Å². The second kappa shape index (κ2) is 10.9. The van der Waals surface area contributed by atoms with Gasteiger partial charge in [0, 0.05) is 27.6 Å². The second-order valence-electron chi connectivity index (χ2n) is 8.14. The minimum Gasteiger partial charge on any atom is -0.335 e. The molecule has 4 rings (SSSR count). The SMILES string of the molecule is CCC(/C=C1\Sc2ccc(Cl)cc2N1CCCS(=O)(=O)O)=C\C1Sc2ccc(Cl)cc2[NH+]1CC. The van der Waals surface area contributed by atoms with E-state index in [1.54, 1.807) is 11.8 Å². The van der Waals surface area contributed by atoms with Gasteiger partial charge in [0.05, 0.1) is 27.9 Å². The molecule has 5 nitrogen and oxygen atoms in total. The van der Waals surface area contributed by atoms with Crippen LogP contribution in [0.5, 0.6) is 0 Å². The van der Waals surface area contributed by atoms with Crippen LogP contribution in [0.15, 0.2) is 68.9 Å². The van der Waals surface area contributed by atoms with Gasteiger partial charge in [-0.1, -0.05) is 53.6 Å². The van der Waals surface area contributed by atoms with E-state index in [2.05, 4.69) is 43.0 Å². The van der Waals surface area contributed by atoms with Crippen LogP contribution >= 0.6 is 46.7 Å². The van der Waals surface area contributed by atoms with Crippen molar-refractivity contribution in [3.8, 4) is 0 Å². The number of fused-ring (bicyclic) bond motifs is 2. The summed E-state index contributed by atoms with van der Waals surface area (Å²) in [7, 11) is -4.01. The van der Waals surface area contributed by atoms with E-state index in [-0.39, 0.29) is 11.1 Å². The molecule has 2 aromatic carbocycles. The minimum absolute atomic E-state index is 0.251. The molecule has 2 heterocycles. The number of benzene rings is 2. The monoisotopic (exact) mass is 557 g/mol. The maximum Gasteiger partial charge on any atom is 0.264 e. The molecule has 0 aliphatic carbocycles. The lowest BCUT2D eigenvalue weighted by atomic mass is 10.1. The van der Waals surface area contributed by atoms with E-state index in [1.165, 1.54) is 21.1 Å². The van der Waals surface area contributed by atoms with E-state index < -0.39 is 10.1 Å². The molecule has 2 N–H and O–H groups in total. The van der Waals surface area contributed by atoms with Crippen LogP contribution < -0.4 is 9.80 Å². The summed E-state index contributed by atoms with van der Waals surface area (Å²) in [5.41, 5.74) is 3.42. The molecule has 0 saturated carbocycles. The highest BCUT2D eigenvalue weighted by atomic mass is 35.5. The molecule has 10 heteroatoms. The van der Waals surface area contributed by atoms with Crippen LogP contribution in [0.2, 0.25) is 10.0 Å². The van der Waals surface area contributed by atoms with Crippen LogP contribution in [0.3, 0.4) is 0 Å². The highest BCUT2D eigenvalue weighted by molar-refractivity contribution is 8.03. The first-order chi connectivity index (χ1) is 16.2. The quantitative estimate of drug-likeness (QED) is 0.386. The third kappa shape index (κ3) is 5.98. The maximum atomic E-state index is 11.3. The molecule has 34 heavy (non-hydrogen) atoms. The van der Waals surface area contributed by atoms with Gasteiger partial charge in [-0.05, 0) is 67.8 Å². The fourth-order valence-corrected chi connectivity index (χ4v) is 7.58. The highest BCUT2D eigenvalue weighted by Crippen LogP contribution is 2.47. The van der Waals surface area contributed by atoms with E-state index >= 15 is 0 Å². The molecular weight excluding hydrogens is 531 g/mol. The number of hydrogen-bond donors (Lipinski definition) is 2. The first kappa shape index (κ1) is 25.9. The van der Waals surface area contributed by atoms with Crippen molar-refractivity contribution >= 4 is 68.2 Å². The van der Waals surface area contributed by atoms with Crippen molar-refractivity contribution in [3.63, 3.8) is 0 Å². The third-order valence-electron chi connectivity index (χ3n) is 5.82. The summed E-state index contributed by atoms with van der Waals surface area (Å²) in [4.78, 5) is 5.82. The Balaban J connectivity index is 1.62. The van der Waals surface area contributed by atoms with Gasteiger partial charge in [-0.15, -0.1) is 0 Å². The topological polar surface area (TPSA) is 62.0 Å². The lowest BCUT2D eigenvalue weighted by Gasteiger charge is -2.21. The summed E-state index contributed by atoms with van der Waals surface area (Å²) in [5, 5.41) is 2.67. The molecule has 0 spiro atoms. The zero-order chi connectivity index (χ0) is 24.5. The largest absolute Gasteiger partial charge is 0.335 e. The van der Waals surface area contributed by atoms with Gasteiger partial charge >= 0.3 is 0 Å². The van der Waals surface area contributed by atoms with Crippen LogP contribution in [0.4, 0.5) is 11.4 Å². The minimum atomic E-state index is -4.01. The Morgan fingerprint density at radius 2 is 1.85 bits per heavy atom. The molecule has 2 aliphatic rings. The van der Waals surface area contributed by atoms with Crippen molar-refractivity contribution in [1.82, 2.24) is 0 Å². The van der Waals surface area contributed by atoms with Gasteiger partial charge in [0.1, 0.15) is 5.69 Å². The van der Waals surface area contributed by atoms with Gasteiger partial charge in [0.2, 0.25) is 0 Å². The number of allylic oxidation sites excluding steroid dienone is 2. The Kier molecular flexibility index (Phi) is 8.29. The van der Waals surface area contributed by atoms with E-state index in [0.717, 1.165) is 33.6 Å². The van der Waals surface area contributed by atoms with Gasteiger partial charge in [0.25, 0.3) is 10.1 Å². The normalized spacial score (nSPS) is 21.3. The van der Waals surface area contributed by atoms with Crippen LogP contribution in [0, 0.1) is 0 Å². The average molecular weight is 559 g/mol. The molecule has 2 atom stereocenters. The molecular formula is C24H27Cl2N2O3S3+. The van der Waals surface area contributed by atoms with Gasteiger partial charge in [-0.25, -0.2) is 0 Å². The molecule has 0 fully saturated rings. The fraction of sp³-hybridized carbons (Fsp3) is 0.333. The highest BCUT2D eigenvalue weighted by Gasteiger charge is 2.33. The Hall–Kier alpha value is -1.13. The number of likely N-dealkylation sites (N-methyl/N-ethyl adjacent to an activating group) is 1. The van der Waals surface area contributed by atoms with Crippen molar-refractivity contribution in [2.24, 2.45) is 0 Å². The second-order valence-corrected chi connectivity index (χ2v) is 12.8. The van der Waals surface area contributed by atoms with Gasteiger partial charge < -0.3 is 4.90 Å². The molecule has 2 aromatic rings. The van der Waals surface area contributed by atoms with Crippen LogP contribution in [-0.2, 0) is 10.1 Å². The zero-order valence-electron chi connectivity index (χ0n) is 18.9. The molecule has 0 radical (unpaired) electrons. The smallest absolute Gasteiger partial charge is 0.264 e. The predicted molar refractivity (Wildman–Crippen MR) is 144 cm³/mol. The zero-order valence-corrected chi connectivity index (χ0v) is 22.9. The molecule has 182 valence electrons. The number of thioether (sulfide) groups is 2. The summed E-state index contributed by atoms with van der Waals surface area (Å²) < 4.78 is 31.7. The van der Waals surface area contributed by atoms with Crippen molar-refractivity contribution in [2.45, 2.75) is 41.9 Å². The lowest BCUT2D eigenvalue weighted by Crippen LogP contribution is -3.08. The lowest BCUT2D eigenvalue weighted by molar-refractivity contribution is -0.833. The fourth-order valence-electron chi connectivity index (χ4n) is 4.18.